The van der Waals surface area contributed by atoms with Crippen LogP contribution < -0.4 is 0 Å². The molecule has 1 aromatic heterocycles. The van der Waals surface area contributed by atoms with E-state index in [1.807, 2.05) is 13.8 Å². The Bertz CT molecular complexity index is 282. The van der Waals surface area contributed by atoms with Gasteiger partial charge in [0.05, 0.1) is 5.56 Å². The molecule has 0 aliphatic rings. The second-order valence-electron chi connectivity index (χ2n) is 2.76. The Morgan fingerprint density at radius 2 is 1.92 bits per heavy atom. The Morgan fingerprint density at radius 3 is 2.25 bits per heavy atom. The zero-order chi connectivity index (χ0) is 9.14. The summed E-state index contributed by atoms with van der Waals surface area (Å²) in [6.07, 6.45) is 3.13. The molecule has 0 saturated heterocycles. The fourth-order valence-electron chi connectivity index (χ4n) is 0.738. The smallest absolute Gasteiger partial charge is 0.225 e. The molecule has 64 valence electrons. The summed E-state index contributed by atoms with van der Waals surface area (Å²) in [5, 5.41) is 0. The Balaban J connectivity index is 2.93. The topological polar surface area (TPSA) is 42.9 Å². The highest BCUT2D eigenvalue weighted by Crippen LogP contribution is 2.09. The second kappa shape index (κ2) is 3.93. The maximum absolute atomic E-state index is 10.8. The van der Waals surface area contributed by atoms with Crippen LogP contribution in [0.4, 0.5) is 0 Å². The van der Waals surface area contributed by atoms with Crippen LogP contribution in [0.3, 0.4) is 0 Å². The van der Waals surface area contributed by atoms with Crippen LogP contribution in [0.1, 0.15) is 35.9 Å². The van der Waals surface area contributed by atoms with E-state index in [0.29, 0.717) is 11.5 Å². The Labute approximate surface area is 84.8 Å². The summed E-state index contributed by atoms with van der Waals surface area (Å²) in [6, 6.07) is 0. The van der Waals surface area contributed by atoms with E-state index in [4.69, 9.17) is 0 Å². The molecule has 1 rings (SSSR count). The first-order chi connectivity index (χ1) is 5.61. The predicted molar refractivity (Wildman–Crippen MR) is 54.5 cm³/mol. The monoisotopic (exact) mass is 276 g/mol. The van der Waals surface area contributed by atoms with Crippen molar-refractivity contribution in [1.29, 1.82) is 0 Å². The number of carbonyl (C=O) groups excluding carboxylic acids is 1. The lowest BCUT2D eigenvalue weighted by Crippen LogP contribution is -1.99. The Hall–Kier alpha value is -0.520. The molecule has 0 bridgehead atoms. The van der Waals surface area contributed by atoms with Gasteiger partial charge < -0.3 is 0 Å². The van der Waals surface area contributed by atoms with Crippen molar-refractivity contribution in [2.24, 2.45) is 0 Å². The number of nitrogens with zero attached hydrogens (tertiary/aromatic N) is 2. The van der Waals surface area contributed by atoms with Crippen LogP contribution in [0.2, 0.25) is 0 Å². The summed E-state index contributed by atoms with van der Waals surface area (Å²) in [7, 11) is 0. The first-order valence-corrected chi connectivity index (χ1v) is 4.71. The number of halogens is 1. The molecule has 3 nitrogen and oxygen atoms in total. The van der Waals surface area contributed by atoms with Crippen molar-refractivity contribution in [2.45, 2.75) is 19.8 Å². The van der Waals surface area contributed by atoms with Crippen molar-refractivity contribution in [2.75, 3.05) is 0 Å². The molecule has 0 fully saturated rings. The van der Waals surface area contributed by atoms with Crippen molar-refractivity contribution in [1.82, 2.24) is 9.97 Å². The number of rotatable bonds is 2. The van der Waals surface area contributed by atoms with Crippen LogP contribution >= 0.6 is 22.6 Å². The van der Waals surface area contributed by atoms with Gasteiger partial charge in [-0.05, 0) is 0 Å². The molecule has 4 heteroatoms. The standard InChI is InChI=1S/C8H9IN2O/c1-5(2)8-10-3-6(4-11-8)7(9)12/h3-5H,1-2H3. The van der Waals surface area contributed by atoms with Crippen molar-refractivity contribution < 1.29 is 4.79 Å². The molecule has 1 heterocycles. The van der Waals surface area contributed by atoms with E-state index in [1.165, 1.54) is 0 Å². The van der Waals surface area contributed by atoms with Gasteiger partial charge in [0.25, 0.3) is 0 Å². The molecule has 0 aliphatic carbocycles. The summed E-state index contributed by atoms with van der Waals surface area (Å²) >= 11 is 1.72. The molecule has 0 saturated carbocycles. The van der Waals surface area contributed by atoms with Gasteiger partial charge >= 0.3 is 0 Å². The number of hydrogen-bond donors (Lipinski definition) is 0. The van der Waals surface area contributed by atoms with Gasteiger partial charge in [0.2, 0.25) is 3.79 Å². The van der Waals surface area contributed by atoms with Crippen LogP contribution in [0.15, 0.2) is 12.4 Å². The minimum absolute atomic E-state index is 0.0251. The Kier molecular flexibility index (Phi) is 3.13. The van der Waals surface area contributed by atoms with Gasteiger partial charge in [-0.25, -0.2) is 9.97 Å². The van der Waals surface area contributed by atoms with Gasteiger partial charge in [0, 0.05) is 40.9 Å². The SMILES string of the molecule is CC(C)c1ncc(C(=O)I)cn1. The zero-order valence-corrected chi connectivity index (χ0v) is 9.07. The van der Waals surface area contributed by atoms with E-state index in [-0.39, 0.29) is 3.79 Å². The van der Waals surface area contributed by atoms with Crippen LogP contribution in [0.25, 0.3) is 0 Å². The fraction of sp³-hybridized carbons (Fsp3) is 0.375. The Morgan fingerprint density at radius 1 is 1.42 bits per heavy atom. The second-order valence-corrected chi connectivity index (χ2v) is 3.74. The third kappa shape index (κ3) is 2.23. The van der Waals surface area contributed by atoms with Gasteiger partial charge in [0.1, 0.15) is 5.82 Å². The number of carbonyl (C=O) groups is 1. The lowest BCUT2D eigenvalue weighted by molar-refractivity contribution is 0.110. The maximum Gasteiger partial charge on any atom is 0.225 e. The minimum Gasteiger partial charge on any atom is -0.282 e. The molecular formula is C8H9IN2O. The highest BCUT2D eigenvalue weighted by Gasteiger charge is 2.04. The minimum atomic E-state index is -0.0251. The molecular weight excluding hydrogens is 267 g/mol. The van der Waals surface area contributed by atoms with Crippen LogP contribution in [0.5, 0.6) is 0 Å². The first kappa shape index (κ1) is 9.57. The molecule has 0 unspecified atom stereocenters. The molecule has 0 spiro atoms. The average molecular weight is 276 g/mol. The maximum atomic E-state index is 10.8. The van der Waals surface area contributed by atoms with Crippen LogP contribution in [-0.4, -0.2) is 13.8 Å². The summed E-state index contributed by atoms with van der Waals surface area (Å²) in [4.78, 5) is 19.0. The van der Waals surface area contributed by atoms with Gasteiger partial charge in [-0.3, -0.25) is 4.79 Å². The molecule has 12 heavy (non-hydrogen) atoms. The van der Waals surface area contributed by atoms with Crippen molar-refractivity contribution in [3.63, 3.8) is 0 Å². The van der Waals surface area contributed by atoms with Crippen molar-refractivity contribution >= 4 is 26.4 Å². The lowest BCUT2D eigenvalue weighted by atomic mass is 10.2. The average Bonchev–Trinajstić information content (AvgIpc) is 2.04. The lowest BCUT2D eigenvalue weighted by Gasteiger charge is -2.01. The molecule has 0 amide bonds. The number of aromatic nitrogens is 2. The summed E-state index contributed by atoms with van der Waals surface area (Å²) in [5.41, 5.74) is 0.556. The normalized spacial score (nSPS) is 10.3. The first-order valence-electron chi connectivity index (χ1n) is 3.63. The largest absolute Gasteiger partial charge is 0.282 e. The van der Waals surface area contributed by atoms with E-state index in [9.17, 15) is 4.79 Å². The van der Waals surface area contributed by atoms with E-state index in [1.54, 1.807) is 35.0 Å². The van der Waals surface area contributed by atoms with Gasteiger partial charge in [-0.2, -0.15) is 0 Å². The van der Waals surface area contributed by atoms with E-state index >= 15 is 0 Å². The summed E-state index contributed by atoms with van der Waals surface area (Å²) < 4.78 is -0.0251. The molecule has 0 radical (unpaired) electrons. The van der Waals surface area contributed by atoms with Crippen molar-refractivity contribution in [3.8, 4) is 0 Å². The van der Waals surface area contributed by atoms with Crippen molar-refractivity contribution in [3.05, 3.63) is 23.8 Å². The highest BCUT2D eigenvalue weighted by molar-refractivity contribution is 14.1. The highest BCUT2D eigenvalue weighted by atomic mass is 127. The van der Waals surface area contributed by atoms with E-state index in [2.05, 4.69) is 9.97 Å². The van der Waals surface area contributed by atoms with E-state index in [0.717, 1.165) is 5.82 Å². The van der Waals surface area contributed by atoms with Gasteiger partial charge in [-0.15, -0.1) is 0 Å². The third-order valence-corrected chi connectivity index (χ3v) is 2.04. The van der Waals surface area contributed by atoms with Crippen LogP contribution in [-0.2, 0) is 0 Å². The summed E-state index contributed by atoms with van der Waals surface area (Å²) in [5.74, 6) is 1.08. The van der Waals surface area contributed by atoms with Crippen LogP contribution in [0, 0.1) is 0 Å². The van der Waals surface area contributed by atoms with Gasteiger partial charge in [0.15, 0.2) is 0 Å². The molecule has 0 N–H and O–H groups in total. The molecule has 0 aromatic carbocycles. The third-order valence-electron chi connectivity index (χ3n) is 1.42. The fourth-order valence-corrected chi connectivity index (χ4v) is 1.02. The quantitative estimate of drug-likeness (QED) is 0.614. The molecule has 1 aromatic rings. The van der Waals surface area contributed by atoms with E-state index < -0.39 is 0 Å². The zero-order valence-electron chi connectivity index (χ0n) is 6.91. The molecule has 0 atom stereocenters. The number of hydrogen-bond acceptors (Lipinski definition) is 3. The molecule has 0 aliphatic heterocycles. The van der Waals surface area contributed by atoms with Gasteiger partial charge in [-0.1, -0.05) is 13.8 Å². The summed E-state index contributed by atoms with van der Waals surface area (Å²) in [6.45, 7) is 4.03. The predicted octanol–water partition coefficient (Wildman–Crippen LogP) is 2.18.